The molecule has 1 aromatic heterocycles. The summed E-state index contributed by atoms with van der Waals surface area (Å²) in [5, 5.41) is 0. The molecule has 1 heterocycles. The second kappa shape index (κ2) is 3.37. The number of nitrogens with two attached hydrogens (primary N) is 1. The van der Waals surface area contributed by atoms with Crippen molar-refractivity contribution in [1.29, 1.82) is 0 Å². The molecule has 0 bridgehead atoms. The Morgan fingerprint density at radius 3 is 2.67 bits per heavy atom. The van der Waals surface area contributed by atoms with Gasteiger partial charge in [-0.3, -0.25) is 0 Å². The molecule has 7 heteroatoms. The van der Waals surface area contributed by atoms with Crippen molar-refractivity contribution in [1.82, 2.24) is 4.98 Å². The van der Waals surface area contributed by atoms with Gasteiger partial charge in [-0.15, -0.1) is 0 Å². The van der Waals surface area contributed by atoms with Gasteiger partial charge >= 0.3 is 6.72 Å². The molecule has 4 N–H and O–H groups in total. The number of aromatic nitrogens is 1. The van der Waals surface area contributed by atoms with Gasteiger partial charge in [0.1, 0.15) is 5.82 Å². The van der Waals surface area contributed by atoms with Crippen molar-refractivity contribution in [2.75, 3.05) is 5.73 Å². The number of pyridine rings is 1. The Bertz CT molecular complexity index is 326. The third-order valence-corrected chi connectivity index (χ3v) is 1.61. The molecule has 0 fully saturated rings. The smallest absolute Gasteiger partial charge is 0.376 e. The number of rotatable bonds is 2. The lowest BCUT2D eigenvalue weighted by atomic mass is 10.5. The zero-order valence-electron chi connectivity index (χ0n) is 5.91. The minimum absolute atomic E-state index is 0.0170. The molecule has 5 nitrogen and oxygen atoms in total. The first-order valence-corrected chi connectivity index (χ1v) is 5.57. The standard InChI is InChI=1S/C5H7N2O3PS/c6-4-2-1-3-5(7-4)10-11(8,9)12/h1-3H,(H2,6,7)(H2,8,9,12). The molecule has 0 saturated heterocycles. The molecule has 0 saturated carbocycles. The van der Waals surface area contributed by atoms with Crippen LogP contribution in [-0.4, -0.2) is 14.8 Å². The summed E-state index contributed by atoms with van der Waals surface area (Å²) >= 11 is 4.23. The summed E-state index contributed by atoms with van der Waals surface area (Å²) in [4.78, 5) is 21.1. The van der Waals surface area contributed by atoms with Gasteiger partial charge in [0.15, 0.2) is 0 Å². The van der Waals surface area contributed by atoms with Crippen molar-refractivity contribution < 1.29 is 14.3 Å². The molecule has 1 rings (SSSR count). The van der Waals surface area contributed by atoms with Gasteiger partial charge in [-0.25, -0.2) is 0 Å². The van der Waals surface area contributed by atoms with Crippen LogP contribution in [-0.2, 0) is 11.8 Å². The maximum atomic E-state index is 8.74. The Morgan fingerprint density at radius 2 is 2.17 bits per heavy atom. The van der Waals surface area contributed by atoms with Gasteiger partial charge in [0.05, 0.1) is 0 Å². The molecule has 0 unspecified atom stereocenters. The highest BCUT2D eigenvalue weighted by molar-refractivity contribution is 8.06. The molecule has 1 aromatic rings. The largest absolute Gasteiger partial charge is 0.406 e. The van der Waals surface area contributed by atoms with Gasteiger partial charge < -0.3 is 20.0 Å². The van der Waals surface area contributed by atoms with E-state index < -0.39 is 6.72 Å². The molecule has 0 aromatic carbocycles. The normalized spacial score (nSPS) is 11.2. The first-order valence-electron chi connectivity index (χ1n) is 2.95. The Hall–Kier alpha value is -0.680. The number of anilines is 1. The molecular formula is C5H7N2O3PS. The first-order chi connectivity index (χ1) is 5.47. The lowest BCUT2D eigenvalue weighted by Gasteiger charge is -2.08. The van der Waals surface area contributed by atoms with Crippen molar-refractivity contribution in [3.05, 3.63) is 18.2 Å². The lowest BCUT2D eigenvalue weighted by molar-refractivity contribution is 0.365. The van der Waals surface area contributed by atoms with E-state index in [1.807, 2.05) is 0 Å². The molecule has 0 aliphatic rings. The molecule has 0 atom stereocenters. The van der Waals surface area contributed by atoms with Gasteiger partial charge in [0.25, 0.3) is 0 Å². The SMILES string of the molecule is Nc1cccc(OP(O)(O)=S)n1. The van der Waals surface area contributed by atoms with Crippen LogP contribution in [0.1, 0.15) is 0 Å². The highest BCUT2D eigenvalue weighted by Gasteiger charge is 2.10. The zero-order chi connectivity index (χ0) is 9.19. The van der Waals surface area contributed by atoms with E-state index in [0.29, 0.717) is 0 Å². The second-order valence-electron chi connectivity index (χ2n) is 1.98. The van der Waals surface area contributed by atoms with E-state index in [2.05, 4.69) is 21.3 Å². The Balaban J connectivity index is 2.84. The van der Waals surface area contributed by atoms with Crippen molar-refractivity contribution in [3.8, 4) is 5.88 Å². The summed E-state index contributed by atoms with van der Waals surface area (Å²) in [7, 11) is 0. The van der Waals surface area contributed by atoms with Gasteiger partial charge in [-0.05, 0) is 6.07 Å². The summed E-state index contributed by atoms with van der Waals surface area (Å²) in [5.41, 5.74) is 5.30. The minimum Gasteiger partial charge on any atom is -0.406 e. The lowest BCUT2D eigenvalue weighted by Crippen LogP contribution is -1.95. The number of nitrogens with zero attached hydrogens (tertiary/aromatic N) is 1. The summed E-state index contributed by atoms with van der Waals surface area (Å²) in [6.07, 6.45) is 0. The molecule has 0 amide bonds. The fourth-order valence-corrected chi connectivity index (χ4v) is 1.18. The van der Waals surface area contributed by atoms with Crippen molar-refractivity contribution in [2.24, 2.45) is 0 Å². The van der Waals surface area contributed by atoms with Crippen molar-refractivity contribution in [3.63, 3.8) is 0 Å². The van der Waals surface area contributed by atoms with Crippen LogP contribution in [0.2, 0.25) is 0 Å². The fourth-order valence-electron chi connectivity index (χ4n) is 0.603. The van der Waals surface area contributed by atoms with E-state index in [1.165, 1.54) is 6.07 Å². The summed E-state index contributed by atoms with van der Waals surface area (Å²) in [6, 6.07) is 4.55. The molecule has 66 valence electrons. The van der Waals surface area contributed by atoms with Crippen LogP contribution in [0.3, 0.4) is 0 Å². The molecule has 0 spiro atoms. The van der Waals surface area contributed by atoms with E-state index in [1.54, 1.807) is 12.1 Å². The van der Waals surface area contributed by atoms with Crippen LogP contribution in [0, 0.1) is 0 Å². The Morgan fingerprint density at radius 1 is 1.50 bits per heavy atom. The van der Waals surface area contributed by atoms with Gasteiger partial charge in [-0.2, -0.15) is 4.98 Å². The van der Waals surface area contributed by atoms with Crippen LogP contribution in [0.15, 0.2) is 18.2 Å². The van der Waals surface area contributed by atoms with E-state index in [9.17, 15) is 0 Å². The monoisotopic (exact) mass is 206 g/mol. The van der Waals surface area contributed by atoms with Gasteiger partial charge in [-0.1, -0.05) is 6.07 Å². The zero-order valence-corrected chi connectivity index (χ0v) is 7.63. The predicted octanol–water partition coefficient (Wildman–Crippen LogP) is 0.252. The third-order valence-electron chi connectivity index (χ3n) is 0.958. The summed E-state index contributed by atoms with van der Waals surface area (Å²) in [6.45, 7) is -3.69. The Labute approximate surface area is 74.1 Å². The first kappa shape index (κ1) is 9.41. The number of hydrogen-bond acceptors (Lipinski definition) is 4. The van der Waals surface area contributed by atoms with Crippen LogP contribution in [0.4, 0.5) is 5.82 Å². The van der Waals surface area contributed by atoms with Crippen LogP contribution in [0.5, 0.6) is 5.88 Å². The maximum absolute atomic E-state index is 8.74. The maximum Gasteiger partial charge on any atom is 0.376 e. The van der Waals surface area contributed by atoms with E-state index in [4.69, 9.17) is 15.5 Å². The highest BCUT2D eigenvalue weighted by Crippen LogP contribution is 2.36. The van der Waals surface area contributed by atoms with Gasteiger partial charge in [0.2, 0.25) is 5.88 Å². The van der Waals surface area contributed by atoms with Crippen molar-refractivity contribution >= 4 is 24.3 Å². The quantitative estimate of drug-likeness (QED) is 0.601. The molecule has 0 aliphatic heterocycles. The average molecular weight is 206 g/mol. The topological polar surface area (TPSA) is 88.6 Å². The fraction of sp³-hybridized carbons (Fsp3) is 0. The molecule has 12 heavy (non-hydrogen) atoms. The van der Waals surface area contributed by atoms with E-state index in [0.717, 1.165) is 0 Å². The third kappa shape index (κ3) is 3.15. The second-order valence-corrected chi connectivity index (χ2v) is 4.57. The molecular weight excluding hydrogens is 199 g/mol. The van der Waals surface area contributed by atoms with Gasteiger partial charge in [0, 0.05) is 17.9 Å². The highest BCUT2D eigenvalue weighted by atomic mass is 32.5. The number of hydrogen-bond donors (Lipinski definition) is 3. The summed E-state index contributed by atoms with van der Waals surface area (Å²) < 4.78 is 4.53. The minimum atomic E-state index is -3.69. The predicted molar refractivity (Wildman–Crippen MR) is 48.0 cm³/mol. The van der Waals surface area contributed by atoms with Crippen molar-refractivity contribution in [2.45, 2.75) is 0 Å². The van der Waals surface area contributed by atoms with Crippen LogP contribution in [0.25, 0.3) is 0 Å². The summed E-state index contributed by atoms with van der Waals surface area (Å²) in [5.74, 6) is 0.249. The van der Waals surface area contributed by atoms with E-state index >= 15 is 0 Å². The Kier molecular flexibility index (Phi) is 2.64. The van der Waals surface area contributed by atoms with Crippen LogP contribution < -0.4 is 10.3 Å². The van der Waals surface area contributed by atoms with E-state index in [-0.39, 0.29) is 11.7 Å². The van der Waals surface area contributed by atoms with Crippen LogP contribution >= 0.6 is 6.72 Å². The molecule has 0 aliphatic carbocycles. The number of nitrogen functional groups attached to an aromatic ring is 1. The average Bonchev–Trinajstić information content (AvgIpc) is 1.82. The molecule has 0 radical (unpaired) electrons.